The number of aliphatic hydroxyl groups excluding tert-OH is 1. The molecule has 0 aromatic carbocycles. The molecule has 120 valence electrons. The summed E-state index contributed by atoms with van der Waals surface area (Å²) in [6.45, 7) is 4.89. The van der Waals surface area contributed by atoms with Crippen molar-refractivity contribution >= 4 is 12.0 Å². The number of hydrogen-bond donors (Lipinski definition) is 2. The summed E-state index contributed by atoms with van der Waals surface area (Å²) in [6, 6.07) is -0.875. The zero-order chi connectivity index (χ0) is 15.6. The third-order valence-electron chi connectivity index (χ3n) is 4.82. The van der Waals surface area contributed by atoms with Crippen LogP contribution >= 0.6 is 0 Å². The summed E-state index contributed by atoms with van der Waals surface area (Å²) >= 11 is 0. The number of fused-ring (bicyclic) bond motifs is 1. The summed E-state index contributed by atoms with van der Waals surface area (Å²) < 4.78 is 0. The highest BCUT2D eigenvalue weighted by Crippen LogP contribution is 2.42. The van der Waals surface area contributed by atoms with Crippen molar-refractivity contribution in [1.29, 1.82) is 0 Å². The fourth-order valence-corrected chi connectivity index (χ4v) is 3.80. The number of urea groups is 1. The van der Waals surface area contributed by atoms with Gasteiger partial charge < -0.3 is 20.0 Å². The van der Waals surface area contributed by atoms with E-state index in [2.05, 4.69) is 0 Å². The standard InChI is InChI=1S/C15H26N2O4/c1-10(2)16(7-4-8-18)15(21)17-9-11-5-3-6-12(11)13(17)14(19)20/h10-13,18H,3-9H2,1-2H3,(H,19,20). The normalized spacial score (nSPS) is 28.0. The second-order valence-electron chi connectivity index (χ2n) is 6.44. The van der Waals surface area contributed by atoms with E-state index in [1.54, 1.807) is 9.80 Å². The number of amides is 2. The van der Waals surface area contributed by atoms with E-state index in [1.165, 1.54) is 0 Å². The highest BCUT2D eigenvalue weighted by Gasteiger charge is 2.50. The minimum absolute atomic E-state index is 0.000986. The molecule has 6 heteroatoms. The zero-order valence-corrected chi connectivity index (χ0v) is 12.9. The SMILES string of the molecule is CC(C)N(CCCO)C(=O)N1CC2CCCC2C1C(=O)O. The summed E-state index contributed by atoms with van der Waals surface area (Å²) in [5.41, 5.74) is 0. The summed E-state index contributed by atoms with van der Waals surface area (Å²) in [5.74, 6) is -0.441. The monoisotopic (exact) mass is 298 g/mol. The summed E-state index contributed by atoms with van der Waals surface area (Å²) in [7, 11) is 0. The third kappa shape index (κ3) is 3.15. The van der Waals surface area contributed by atoms with E-state index in [0.29, 0.717) is 25.4 Å². The maximum atomic E-state index is 12.7. The molecule has 1 heterocycles. The summed E-state index contributed by atoms with van der Waals surface area (Å²) in [4.78, 5) is 27.6. The first-order valence-corrected chi connectivity index (χ1v) is 7.88. The van der Waals surface area contributed by atoms with Crippen LogP contribution in [0.5, 0.6) is 0 Å². The molecule has 1 aliphatic heterocycles. The molecular weight excluding hydrogens is 272 g/mol. The number of rotatable bonds is 5. The van der Waals surface area contributed by atoms with Crippen LogP contribution in [-0.4, -0.2) is 63.8 Å². The molecule has 0 radical (unpaired) electrons. The van der Waals surface area contributed by atoms with Gasteiger partial charge in [0.1, 0.15) is 6.04 Å². The van der Waals surface area contributed by atoms with Crippen LogP contribution in [0.3, 0.4) is 0 Å². The Kier molecular flexibility index (Phi) is 5.08. The molecule has 1 aliphatic carbocycles. The number of carbonyl (C=O) groups is 2. The number of aliphatic hydroxyl groups is 1. The van der Waals surface area contributed by atoms with Crippen LogP contribution in [0.4, 0.5) is 4.79 Å². The first kappa shape index (κ1) is 16.1. The topological polar surface area (TPSA) is 81.1 Å². The Labute approximate surface area is 125 Å². The second-order valence-corrected chi connectivity index (χ2v) is 6.44. The summed E-state index contributed by atoms with van der Waals surface area (Å²) in [6.07, 6.45) is 3.52. The molecule has 3 atom stereocenters. The Morgan fingerprint density at radius 2 is 2.05 bits per heavy atom. The fourth-order valence-electron chi connectivity index (χ4n) is 3.80. The van der Waals surface area contributed by atoms with Gasteiger partial charge in [0.15, 0.2) is 0 Å². The van der Waals surface area contributed by atoms with Crippen molar-refractivity contribution in [3.63, 3.8) is 0 Å². The van der Waals surface area contributed by atoms with E-state index in [4.69, 9.17) is 5.11 Å². The lowest BCUT2D eigenvalue weighted by Gasteiger charge is -2.34. The number of carboxylic acids is 1. The molecule has 0 spiro atoms. The first-order valence-electron chi connectivity index (χ1n) is 7.88. The van der Waals surface area contributed by atoms with Crippen LogP contribution in [0.1, 0.15) is 39.5 Å². The largest absolute Gasteiger partial charge is 0.480 e. The van der Waals surface area contributed by atoms with E-state index in [0.717, 1.165) is 19.3 Å². The molecule has 2 rings (SSSR count). The van der Waals surface area contributed by atoms with Gasteiger partial charge in [-0.1, -0.05) is 6.42 Å². The van der Waals surface area contributed by atoms with Gasteiger partial charge in [-0.05, 0) is 44.9 Å². The van der Waals surface area contributed by atoms with Crippen LogP contribution in [-0.2, 0) is 4.79 Å². The van der Waals surface area contributed by atoms with Crippen molar-refractivity contribution < 1.29 is 19.8 Å². The fraction of sp³-hybridized carbons (Fsp3) is 0.867. The van der Waals surface area contributed by atoms with Gasteiger partial charge >= 0.3 is 12.0 Å². The highest BCUT2D eigenvalue weighted by molar-refractivity contribution is 5.84. The molecule has 21 heavy (non-hydrogen) atoms. The Hall–Kier alpha value is -1.30. The van der Waals surface area contributed by atoms with Gasteiger partial charge in [0.05, 0.1) is 0 Å². The molecule has 6 nitrogen and oxygen atoms in total. The number of carbonyl (C=O) groups excluding carboxylic acids is 1. The number of hydrogen-bond acceptors (Lipinski definition) is 3. The first-order chi connectivity index (χ1) is 9.97. The van der Waals surface area contributed by atoms with E-state index >= 15 is 0 Å². The Morgan fingerprint density at radius 1 is 1.33 bits per heavy atom. The molecule has 0 aromatic heterocycles. The molecule has 0 aromatic rings. The molecule has 2 aliphatic rings. The molecule has 0 bridgehead atoms. The van der Waals surface area contributed by atoms with Crippen molar-refractivity contribution in [3.05, 3.63) is 0 Å². The Balaban J connectivity index is 2.14. The van der Waals surface area contributed by atoms with Gasteiger partial charge in [-0.2, -0.15) is 0 Å². The quantitative estimate of drug-likeness (QED) is 0.803. The van der Waals surface area contributed by atoms with Gasteiger partial charge in [-0.3, -0.25) is 0 Å². The van der Waals surface area contributed by atoms with Crippen molar-refractivity contribution in [2.45, 2.75) is 51.6 Å². The van der Waals surface area contributed by atoms with E-state index in [-0.39, 0.29) is 24.6 Å². The molecule has 3 unspecified atom stereocenters. The number of likely N-dealkylation sites (tertiary alicyclic amines) is 1. The smallest absolute Gasteiger partial charge is 0.326 e. The Morgan fingerprint density at radius 3 is 2.62 bits per heavy atom. The van der Waals surface area contributed by atoms with Gasteiger partial charge in [-0.15, -0.1) is 0 Å². The average Bonchev–Trinajstić information content (AvgIpc) is 2.97. The van der Waals surface area contributed by atoms with Crippen molar-refractivity contribution in [3.8, 4) is 0 Å². The predicted octanol–water partition coefficient (Wildman–Crippen LogP) is 1.38. The summed E-state index contributed by atoms with van der Waals surface area (Å²) in [5, 5.41) is 18.5. The third-order valence-corrected chi connectivity index (χ3v) is 4.82. The van der Waals surface area contributed by atoms with Gasteiger partial charge in [-0.25, -0.2) is 9.59 Å². The van der Waals surface area contributed by atoms with Crippen molar-refractivity contribution in [1.82, 2.24) is 9.80 Å². The van der Waals surface area contributed by atoms with Gasteiger partial charge in [0.25, 0.3) is 0 Å². The number of carboxylic acid groups (broad SMARTS) is 1. The number of aliphatic carboxylic acids is 1. The minimum Gasteiger partial charge on any atom is -0.480 e. The second kappa shape index (κ2) is 6.64. The molecule has 2 amide bonds. The maximum absolute atomic E-state index is 12.7. The lowest BCUT2D eigenvalue weighted by Crippen LogP contribution is -2.51. The van der Waals surface area contributed by atoms with Crippen LogP contribution in [0, 0.1) is 11.8 Å². The van der Waals surface area contributed by atoms with Crippen molar-refractivity contribution in [2.75, 3.05) is 19.7 Å². The highest BCUT2D eigenvalue weighted by atomic mass is 16.4. The van der Waals surface area contributed by atoms with E-state index in [1.807, 2.05) is 13.8 Å². The van der Waals surface area contributed by atoms with Crippen molar-refractivity contribution in [2.24, 2.45) is 11.8 Å². The van der Waals surface area contributed by atoms with Crippen LogP contribution in [0.2, 0.25) is 0 Å². The number of nitrogens with zero attached hydrogens (tertiary/aromatic N) is 2. The minimum atomic E-state index is -0.886. The molecule has 1 saturated heterocycles. The Bertz CT molecular complexity index is 399. The lowest BCUT2D eigenvalue weighted by atomic mass is 9.94. The van der Waals surface area contributed by atoms with Crippen LogP contribution in [0.15, 0.2) is 0 Å². The molecular formula is C15H26N2O4. The average molecular weight is 298 g/mol. The van der Waals surface area contributed by atoms with E-state index in [9.17, 15) is 14.7 Å². The molecule has 2 N–H and O–H groups in total. The molecule has 1 saturated carbocycles. The zero-order valence-electron chi connectivity index (χ0n) is 12.9. The van der Waals surface area contributed by atoms with Crippen LogP contribution in [0.25, 0.3) is 0 Å². The van der Waals surface area contributed by atoms with Gasteiger partial charge in [0.2, 0.25) is 0 Å². The lowest BCUT2D eigenvalue weighted by molar-refractivity contribution is -0.142. The van der Waals surface area contributed by atoms with E-state index < -0.39 is 12.0 Å². The maximum Gasteiger partial charge on any atom is 0.326 e. The predicted molar refractivity (Wildman–Crippen MR) is 77.9 cm³/mol. The van der Waals surface area contributed by atoms with Crippen LogP contribution < -0.4 is 0 Å². The molecule has 2 fully saturated rings. The van der Waals surface area contributed by atoms with Gasteiger partial charge in [0, 0.05) is 25.7 Å².